The molecule has 0 radical (unpaired) electrons. The second-order valence-electron chi connectivity index (χ2n) is 5.96. The van der Waals surface area contributed by atoms with Gasteiger partial charge in [0.25, 0.3) is 0 Å². The van der Waals surface area contributed by atoms with Gasteiger partial charge in [-0.15, -0.1) is 10.2 Å². The van der Waals surface area contributed by atoms with Gasteiger partial charge in [-0.05, 0) is 42.7 Å². The molecule has 3 atom stereocenters. The Morgan fingerprint density at radius 3 is 2.95 bits per heavy atom. The lowest BCUT2D eigenvalue weighted by Crippen LogP contribution is -2.10. The van der Waals surface area contributed by atoms with Crippen LogP contribution >= 0.6 is 11.8 Å². The fourth-order valence-corrected chi connectivity index (χ4v) is 4.58. The van der Waals surface area contributed by atoms with E-state index in [-0.39, 0.29) is 0 Å². The van der Waals surface area contributed by atoms with Crippen LogP contribution in [-0.4, -0.2) is 25.5 Å². The molecule has 0 spiro atoms. The molecule has 21 heavy (non-hydrogen) atoms. The Labute approximate surface area is 128 Å². The Kier molecular flexibility index (Phi) is 3.30. The van der Waals surface area contributed by atoms with Gasteiger partial charge in [-0.25, -0.2) is 0 Å². The van der Waals surface area contributed by atoms with Gasteiger partial charge < -0.3 is 4.57 Å². The number of nitrogens with zero attached hydrogens (tertiary/aromatic N) is 4. The van der Waals surface area contributed by atoms with E-state index >= 15 is 0 Å². The van der Waals surface area contributed by atoms with Gasteiger partial charge in [0.05, 0.1) is 0 Å². The summed E-state index contributed by atoms with van der Waals surface area (Å²) in [6.07, 6.45) is 11.1. The zero-order chi connectivity index (χ0) is 14.2. The van der Waals surface area contributed by atoms with Crippen molar-refractivity contribution in [2.24, 2.45) is 24.8 Å². The predicted octanol–water partition coefficient (Wildman–Crippen LogP) is 3.18. The summed E-state index contributed by atoms with van der Waals surface area (Å²) < 4.78 is 2.07. The number of hydrogen-bond acceptors (Lipinski definition) is 4. The quantitative estimate of drug-likeness (QED) is 0.642. The highest BCUT2D eigenvalue weighted by molar-refractivity contribution is 7.99. The molecule has 1 saturated carbocycles. The first-order valence-electron chi connectivity index (χ1n) is 7.42. The fourth-order valence-electron chi connectivity index (χ4n) is 3.45. The van der Waals surface area contributed by atoms with Crippen LogP contribution in [-0.2, 0) is 7.05 Å². The van der Waals surface area contributed by atoms with Crippen LogP contribution < -0.4 is 0 Å². The summed E-state index contributed by atoms with van der Waals surface area (Å²) in [4.78, 5) is 4.15. The maximum absolute atomic E-state index is 4.35. The number of allylic oxidation sites excluding steroid dienone is 2. The minimum absolute atomic E-state index is 0.800. The van der Waals surface area contributed by atoms with Crippen molar-refractivity contribution in [1.82, 2.24) is 19.7 Å². The van der Waals surface area contributed by atoms with Crippen LogP contribution in [0.25, 0.3) is 11.4 Å². The lowest BCUT2D eigenvalue weighted by molar-refractivity contribution is 0.501. The number of hydrogen-bond donors (Lipinski definition) is 0. The van der Waals surface area contributed by atoms with Crippen molar-refractivity contribution in [3.63, 3.8) is 0 Å². The molecule has 2 aliphatic carbocycles. The summed E-state index contributed by atoms with van der Waals surface area (Å²) >= 11 is 1.83. The van der Waals surface area contributed by atoms with E-state index in [1.54, 1.807) is 6.20 Å². The molecule has 0 aliphatic heterocycles. The first kappa shape index (κ1) is 13.1. The number of aromatic nitrogens is 4. The van der Waals surface area contributed by atoms with E-state index in [9.17, 15) is 0 Å². The molecule has 5 heteroatoms. The van der Waals surface area contributed by atoms with Gasteiger partial charge in [0.15, 0.2) is 11.0 Å². The Hall–Kier alpha value is -1.62. The van der Waals surface area contributed by atoms with Crippen LogP contribution in [0.5, 0.6) is 0 Å². The van der Waals surface area contributed by atoms with Crippen LogP contribution in [0.2, 0.25) is 0 Å². The van der Waals surface area contributed by atoms with E-state index in [0.29, 0.717) is 0 Å². The minimum atomic E-state index is 0.800. The summed E-state index contributed by atoms with van der Waals surface area (Å²) in [5, 5.41) is 9.66. The zero-order valence-corrected chi connectivity index (χ0v) is 12.8. The first-order valence-corrected chi connectivity index (χ1v) is 8.41. The first-order chi connectivity index (χ1) is 10.3. The summed E-state index contributed by atoms with van der Waals surface area (Å²) in [6, 6.07) is 3.95. The normalized spacial score (nSPS) is 26.6. The van der Waals surface area contributed by atoms with E-state index in [2.05, 4.69) is 31.9 Å². The Bertz CT molecular complexity index is 664. The second-order valence-corrected chi connectivity index (χ2v) is 6.95. The molecule has 0 aromatic carbocycles. The molecule has 4 nitrogen and oxygen atoms in total. The van der Waals surface area contributed by atoms with Crippen LogP contribution in [0.15, 0.2) is 41.8 Å². The topological polar surface area (TPSA) is 43.6 Å². The lowest BCUT2D eigenvalue weighted by atomic mass is 9.96. The predicted molar refractivity (Wildman–Crippen MR) is 83.8 cm³/mol. The standard InChI is InChI=1S/C16H18N4S/c1-20-15(13-3-2-6-17-9-13)18-19-16(20)21-10-14-8-11-4-5-12(14)7-11/h2-6,9,11-12,14H,7-8,10H2,1H3/t11-,12+,14-/m0/s1. The maximum Gasteiger partial charge on any atom is 0.191 e. The van der Waals surface area contributed by atoms with E-state index in [1.165, 1.54) is 12.8 Å². The Balaban J connectivity index is 1.47. The highest BCUT2D eigenvalue weighted by atomic mass is 32.2. The smallest absolute Gasteiger partial charge is 0.191 e. The molecule has 2 aromatic rings. The summed E-state index contributed by atoms with van der Waals surface area (Å²) in [5.74, 6) is 4.48. The van der Waals surface area contributed by atoms with E-state index in [1.807, 2.05) is 37.1 Å². The molecular formula is C16H18N4S. The van der Waals surface area contributed by atoms with Crippen LogP contribution in [0.4, 0.5) is 0 Å². The molecule has 2 aliphatic rings. The average Bonchev–Trinajstić information content (AvgIpc) is 3.22. The Morgan fingerprint density at radius 2 is 2.24 bits per heavy atom. The summed E-state index contributed by atoms with van der Waals surface area (Å²) in [5.41, 5.74) is 1.02. The molecular weight excluding hydrogens is 280 g/mol. The monoisotopic (exact) mass is 298 g/mol. The van der Waals surface area contributed by atoms with Crippen molar-refractivity contribution < 1.29 is 0 Å². The molecule has 0 unspecified atom stereocenters. The average molecular weight is 298 g/mol. The molecule has 0 saturated heterocycles. The van der Waals surface area contributed by atoms with E-state index < -0.39 is 0 Å². The van der Waals surface area contributed by atoms with Crippen molar-refractivity contribution >= 4 is 11.8 Å². The van der Waals surface area contributed by atoms with Crippen molar-refractivity contribution in [2.45, 2.75) is 18.0 Å². The van der Waals surface area contributed by atoms with Crippen LogP contribution in [0.1, 0.15) is 12.8 Å². The van der Waals surface area contributed by atoms with Gasteiger partial charge >= 0.3 is 0 Å². The summed E-state index contributed by atoms with van der Waals surface area (Å²) in [7, 11) is 2.03. The molecule has 4 rings (SSSR count). The van der Waals surface area contributed by atoms with Crippen molar-refractivity contribution in [1.29, 1.82) is 0 Å². The van der Waals surface area contributed by atoms with Gasteiger partial charge in [-0.3, -0.25) is 4.98 Å². The van der Waals surface area contributed by atoms with Crippen molar-refractivity contribution in [2.75, 3.05) is 5.75 Å². The summed E-state index contributed by atoms with van der Waals surface area (Å²) in [6.45, 7) is 0. The molecule has 2 aromatic heterocycles. The fraction of sp³-hybridized carbons (Fsp3) is 0.438. The van der Waals surface area contributed by atoms with E-state index in [4.69, 9.17) is 0 Å². The number of pyridine rings is 1. The van der Waals surface area contributed by atoms with Crippen molar-refractivity contribution in [3.8, 4) is 11.4 Å². The molecule has 1 fully saturated rings. The van der Waals surface area contributed by atoms with Gasteiger partial charge in [-0.2, -0.15) is 0 Å². The molecule has 2 bridgehead atoms. The zero-order valence-electron chi connectivity index (χ0n) is 12.0. The van der Waals surface area contributed by atoms with Gasteiger partial charge in [0, 0.05) is 30.8 Å². The molecule has 0 N–H and O–H groups in total. The molecule has 2 heterocycles. The Morgan fingerprint density at radius 1 is 1.29 bits per heavy atom. The third-order valence-electron chi connectivity index (χ3n) is 4.60. The van der Waals surface area contributed by atoms with Gasteiger partial charge in [0.2, 0.25) is 0 Å². The van der Waals surface area contributed by atoms with Gasteiger partial charge in [0.1, 0.15) is 0 Å². The van der Waals surface area contributed by atoms with E-state index in [0.717, 1.165) is 40.1 Å². The largest absolute Gasteiger partial charge is 0.305 e. The highest BCUT2D eigenvalue weighted by Crippen LogP contribution is 2.45. The van der Waals surface area contributed by atoms with Gasteiger partial charge in [-0.1, -0.05) is 23.9 Å². The van der Waals surface area contributed by atoms with Crippen molar-refractivity contribution in [3.05, 3.63) is 36.7 Å². The third kappa shape index (κ3) is 2.39. The highest BCUT2D eigenvalue weighted by Gasteiger charge is 2.35. The third-order valence-corrected chi connectivity index (χ3v) is 5.81. The number of fused-ring (bicyclic) bond motifs is 2. The lowest BCUT2D eigenvalue weighted by Gasteiger charge is -2.16. The minimum Gasteiger partial charge on any atom is -0.305 e. The number of rotatable bonds is 4. The second kappa shape index (κ2) is 5.30. The maximum atomic E-state index is 4.35. The molecule has 0 amide bonds. The number of thioether (sulfide) groups is 1. The van der Waals surface area contributed by atoms with Crippen LogP contribution in [0, 0.1) is 17.8 Å². The SMILES string of the molecule is Cn1c(SC[C@@H]2C[C@H]3C=C[C@@H]2C3)nnc1-c1cccnc1. The molecule has 108 valence electrons. The van der Waals surface area contributed by atoms with Crippen LogP contribution in [0.3, 0.4) is 0 Å².